The van der Waals surface area contributed by atoms with Crippen molar-refractivity contribution in [2.24, 2.45) is 5.92 Å². The summed E-state index contributed by atoms with van der Waals surface area (Å²) < 4.78 is 0. The first-order valence-electron chi connectivity index (χ1n) is 6.83. The largest absolute Gasteiger partial charge is 0.354 e. The van der Waals surface area contributed by atoms with Crippen LogP contribution in [0.3, 0.4) is 0 Å². The summed E-state index contributed by atoms with van der Waals surface area (Å²) in [7, 11) is 0. The molecule has 0 aromatic carbocycles. The number of nitrogens with zero attached hydrogens (tertiary/aromatic N) is 1. The van der Waals surface area contributed by atoms with Gasteiger partial charge in [0.05, 0.1) is 0 Å². The highest BCUT2D eigenvalue weighted by molar-refractivity contribution is 5.79. The second kappa shape index (κ2) is 5.67. The van der Waals surface area contributed by atoms with Gasteiger partial charge in [0.1, 0.15) is 0 Å². The molecule has 1 amide bonds. The maximum Gasteiger partial charge on any atom is 0.223 e. The molecule has 1 atom stereocenters. The summed E-state index contributed by atoms with van der Waals surface area (Å²) >= 11 is 0. The van der Waals surface area contributed by atoms with E-state index in [-0.39, 0.29) is 0 Å². The minimum absolute atomic E-state index is 0.295. The van der Waals surface area contributed by atoms with Crippen molar-refractivity contribution in [3.63, 3.8) is 0 Å². The van der Waals surface area contributed by atoms with Crippen molar-refractivity contribution in [1.82, 2.24) is 10.2 Å². The summed E-state index contributed by atoms with van der Waals surface area (Å²) in [4.78, 5) is 14.3. The highest BCUT2D eigenvalue weighted by Gasteiger charge is 2.26. The molecule has 1 heterocycles. The first-order chi connectivity index (χ1) is 7.81. The smallest absolute Gasteiger partial charge is 0.223 e. The Morgan fingerprint density at radius 1 is 1.31 bits per heavy atom. The molecule has 0 radical (unpaired) electrons. The quantitative estimate of drug-likeness (QED) is 0.772. The van der Waals surface area contributed by atoms with Crippen LogP contribution in [-0.2, 0) is 4.79 Å². The third kappa shape index (κ3) is 2.76. The van der Waals surface area contributed by atoms with Crippen molar-refractivity contribution in [1.29, 1.82) is 0 Å². The van der Waals surface area contributed by atoms with Gasteiger partial charge in [0.25, 0.3) is 0 Å². The Bertz CT molecular complexity index is 232. The minimum Gasteiger partial charge on any atom is -0.354 e. The van der Waals surface area contributed by atoms with E-state index in [2.05, 4.69) is 17.1 Å². The van der Waals surface area contributed by atoms with Gasteiger partial charge in [-0.2, -0.15) is 0 Å². The predicted molar refractivity (Wildman–Crippen MR) is 65.2 cm³/mol. The minimum atomic E-state index is 0.295. The summed E-state index contributed by atoms with van der Waals surface area (Å²) in [5, 5.41) is 3.13. The monoisotopic (exact) mass is 224 g/mol. The molecular weight excluding hydrogens is 200 g/mol. The van der Waals surface area contributed by atoms with Crippen LogP contribution in [0, 0.1) is 5.92 Å². The Morgan fingerprint density at radius 3 is 2.50 bits per heavy atom. The van der Waals surface area contributed by atoms with Crippen molar-refractivity contribution < 1.29 is 4.79 Å². The first-order valence-corrected chi connectivity index (χ1v) is 6.83. The summed E-state index contributed by atoms with van der Waals surface area (Å²) in [6, 6.07) is 0.562. The lowest BCUT2D eigenvalue weighted by Crippen LogP contribution is -2.44. The van der Waals surface area contributed by atoms with Crippen LogP contribution in [0.1, 0.15) is 45.4 Å². The van der Waals surface area contributed by atoms with Gasteiger partial charge in [0.15, 0.2) is 0 Å². The van der Waals surface area contributed by atoms with E-state index in [4.69, 9.17) is 0 Å². The average molecular weight is 224 g/mol. The van der Waals surface area contributed by atoms with Gasteiger partial charge in [0, 0.05) is 18.5 Å². The predicted octanol–water partition coefficient (Wildman–Crippen LogP) is 1.78. The number of nitrogens with one attached hydrogen (secondary N) is 1. The maximum absolute atomic E-state index is 11.7. The molecule has 1 N–H and O–H groups in total. The van der Waals surface area contributed by atoms with Crippen LogP contribution in [0.15, 0.2) is 0 Å². The number of carbonyl (C=O) groups is 1. The number of likely N-dealkylation sites (tertiary alicyclic amines) is 1. The van der Waals surface area contributed by atoms with Gasteiger partial charge in [0.2, 0.25) is 5.91 Å². The van der Waals surface area contributed by atoms with E-state index in [1.54, 1.807) is 0 Å². The molecule has 0 spiro atoms. The lowest BCUT2D eigenvalue weighted by molar-refractivity contribution is -0.127. The average Bonchev–Trinajstić information content (AvgIpc) is 2.69. The fourth-order valence-electron chi connectivity index (χ4n) is 2.67. The molecule has 3 heteroatoms. The molecule has 2 aliphatic rings. The third-order valence-corrected chi connectivity index (χ3v) is 4.12. The second-order valence-electron chi connectivity index (χ2n) is 5.18. The normalized spacial score (nSPS) is 24.1. The van der Waals surface area contributed by atoms with Gasteiger partial charge < -0.3 is 5.32 Å². The van der Waals surface area contributed by atoms with Crippen molar-refractivity contribution >= 4 is 5.91 Å². The third-order valence-electron chi connectivity index (χ3n) is 4.12. The molecule has 92 valence electrons. The number of amides is 1. The fraction of sp³-hybridized carbons (Fsp3) is 0.923. The zero-order chi connectivity index (χ0) is 11.4. The Morgan fingerprint density at radius 2 is 2.00 bits per heavy atom. The lowest BCUT2D eigenvalue weighted by Gasteiger charge is -2.29. The van der Waals surface area contributed by atoms with Gasteiger partial charge in [-0.05, 0) is 45.2 Å². The van der Waals surface area contributed by atoms with Crippen LogP contribution in [0.2, 0.25) is 0 Å². The molecule has 16 heavy (non-hydrogen) atoms. The molecule has 1 aliphatic carbocycles. The van der Waals surface area contributed by atoms with Gasteiger partial charge in [-0.1, -0.05) is 13.3 Å². The summed E-state index contributed by atoms with van der Waals surface area (Å²) in [5.74, 6) is 0.625. The topological polar surface area (TPSA) is 32.3 Å². The van der Waals surface area contributed by atoms with E-state index in [1.165, 1.54) is 32.4 Å². The first kappa shape index (κ1) is 11.9. The van der Waals surface area contributed by atoms with Crippen molar-refractivity contribution in [3.8, 4) is 0 Å². The van der Waals surface area contributed by atoms with Crippen LogP contribution in [-0.4, -0.2) is 36.5 Å². The molecule has 0 unspecified atom stereocenters. The van der Waals surface area contributed by atoms with Crippen molar-refractivity contribution in [2.75, 3.05) is 19.6 Å². The zero-order valence-corrected chi connectivity index (χ0v) is 10.4. The van der Waals surface area contributed by atoms with E-state index < -0.39 is 0 Å². The van der Waals surface area contributed by atoms with Crippen LogP contribution >= 0.6 is 0 Å². The lowest BCUT2D eigenvalue weighted by atomic mass is 9.85. The zero-order valence-electron chi connectivity index (χ0n) is 10.4. The standard InChI is InChI=1S/C13H24N2O/c1-2-12(15-8-3-4-9-15)10-14-13(16)11-6-5-7-11/h11-12H,2-10H2,1H3,(H,14,16)/t12-/m0/s1. The highest BCUT2D eigenvalue weighted by Crippen LogP contribution is 2.26. The molecule has 3 nitrogen and oxygen atoms in total. The summed E-state index contributed by atoms with van der Waals surface area (Å²) in [5.41, 5.74) is 0. The van der Waals surface area contributed by atoms with E-state index >= 15 is 0 Å². The van der Waals surface area contributed by atoms with Crippen LogP contribution < -0.4 is 5.32 Å². The Balaban J connectivity index is 1.71. The van der Waals surface area contributed by atoms with E-state index in [0.717, 1.165) is 25.8 Å². The summed E-state index contributed by atoms with van der Waals surface area (Å²) in [6.45, 7) is 5.51. The number of hydrogen-bond donors (Lipinski definition) is 1. The van der Waals surface area contributed by atoms with Crippen LogP contribution in [0.4, 0.5) is 0 Å². The maximum atomic E-state index is 11.7. The highest BCUT2D eigenvalue weighted by atomic mass is 16.1. The van der Waals surface area contributed by atoms with Crippen LogP contribution in [0.25, 0.3) is 0 Å². The summed E-state index contributed by atoms with van der Waals surface area (Å²) in [6.07, 6.45) is 7.24. The van der Waals surface area contributed by atoms with Gasteiger partial charge >= 0.3 is 0 Å². The van der Waals surface area contributed by atoms with Crippen molar-refractivity contribution in [2.45, 2.75) is 51.5 Å². The Labute approximate surface area is 98.6 Å². The van der Waals surface area contributed by atoms with E-state index in [0.29, 0.717) is 17.9 Å². The Hall–Kier alpha value is -0.570. The number of hydrogen-bond acceptors (Lipinski definition) is 2. The molecule has 1 aliphatic heterocycles. The van der Waals surface area contributed by atoms with Crippen LogP contribution in [0.5, 0.6) is 0 Å². The van der Waals surface area contributed by atoms with E-state index in [1.807, 2.05) is 0 Å². The molecule has 0 aromatic heterocycles. The van der Waals surface area contributed by atoms with E-state index in [9.17, 15) is 4.79 Å². The molecule has 2 fully saturated rings. The number of carbonyl (C=O) groups excluding carboxylic acids is 1. The van der Waals surface area contributed by atoms with Gasteiger partial charge in [-0.15, -0.1) is 0 Å². The SMILES string of the molecule is CC[C@@H](CNC(=O)C1CCC1)N1CCCC1. The molecule has 2 rings (SSSR count). The fourth-order valence-corrected chi connectivity index (χ4v) is 2.67. The molecule has 0 bridgehead atoms. The Kier molecular flexibility index (Phi) is 4.22. The molecular formula is C13H24N2O. The number of rotatable bonds is 5. The molecule has 1 saturated carbocycles. The van der Waals surface area contributed by atoms with Crippen molar-refractivity contribution in [3.05, 3.63) is 0 Å². The molecule has 1 saturated heterocycles. The molecule has 0 aromatic rings. The second-order valence-corrected chi connectivity index (χ2v) is 5.18. The van der Waals surface area contributed by atoms with Gasteiger partial charge in [-0.25, -0.2) is 0 Å². The van der Waals surface area contributed by atoms with Gasteiger partial charge in [-0.3, -0.25) is 9.69 Å².